The first-order chi connectivity index (χ1) is 6.74. The van der Waals surface area contributed by atoms with Gasteiger partial charge in [0, 0.05) is 0 Å². The Bertz CT molecular complexity index is 541. The SMILES string of the molecule is CC1=Cc2c3c(ccc2=C1)=CC(C)=C3. The summed E-state index contributed by atoms with van der Waals surface area (Å²) in [7, 11) is 0. The first-order valence-electron chi connectivity index (χ1n) is 4.97. The average Bonchev–Trinajstić information content (AvgIpc) is 2.65. The number of hydrogen-bond acceptors (Lipinski definition) is 0. The predicted octanol–water partition coefficient (Wildman–Crippen LogP) is 2.08. The normalized spacial score (nSPS) is 16.4. The fourth-order valence-corrected chi connectivity index (χ4v) is 2.27. The Morgan fingerprint density at radius 1 is 0.643 bits per heavy atom. The molecular weight excluding hydrogens is 168 g/mol. The van der Waals surface area contributed by atoms with E-state index >= 15 is 0 Å². The highest BCUT2D eigenvalue weighted by molar-refractivity contribution is 5.83. The molecule has 0 heteroatoms. The van der Waals surface area contributed by atoms with Crippen LogP contribution in [0.1, 0.15) is 25.0 Å². The van der Waals surface area contributed by atoms with Crippen molar-refractivity contribution in [3.63, 3.8) is 0 Å². The molecule has 0 nitrogen and oxygen atoms in total. The van der Waals surface area contributed by atoms with Crippen molar-refractivity contribution >= 4 is 24.3 Å². The highest BCUT2D eigenvalue weighted by Gasteiger charge is 2.09. The molecule has 0 bridgehead atoms. The molecule has 0 aliphatic heterocycles. The summed E-state index contributed by atoms with van der Waals surface area (Å²) in [4.78, 5) is 0. The van der Waals surface area contributed by atoms with Gasteiger partial charge in [0.2, 0.25) is 0 Å². The molecule has 0 fully saturated rings. The molecule has 0 N–H and O–H groups in total. The van der Waals surface area contributed by atoms with Crippen LogP contribution in [0.5, 0.6) is 0 Å². The van der Waals surface area contributed by atoms with Gasteiger partial charge in [-0.2, -0.15) is 0 Å². The lowest BCUT2D eigenvalue weighted by molar-refractivity contribution is 1.51. The minimum atomic E-state index is 1.35. The van der Waals surface area contributed by atoms with Crippen LogP contribution in [-0.4, -0.2) is 0 Å². The summed E-state index contributed by atoms with van der Waals surface area (Å²) in [5.74, 6) is 0. The van der Waals surface area contributed by atoms with Gasteiger partial charge in [-0.05, 0) is 46.6 Å². The van der Waals surface area contributed by atoms with Crippen LogP contribution in [0.25, 0.3) is 24.3 Å². The Morgan fingerprint density at radius 2 is 1.07 bits per heavy atom. The fraction of sp³-hybridized carbons (Fsp3) is 0.143. The summed E-state index contributed by atoms with van der Waals surface area (Å²) in [5, 5.41) is 2.72. The van der Waals surface area contributed by atoms with E-state index in [0.29, 0.717) is 0 Å². The third-order valence-electron chi connectivity index (χ3n) is 2.86. The Hall–Kier alpha value is -1.56. The molecule has 0 amide bonds. The zero-order chi connectivity index (χ0) is 9.71. The van der Waals surface area contributed by atoms with Gasteiger partial charge in [0.25, 0.3) is 0 Å². The molecule has 0 aromatic heterocycles. The minimum Gasteiger partial charge on any atom is -0.0537 e. The van der Waals surface area contributed by atoms with Gasteiger partial charge in [-0.3, -0.25) is 0 Å². The van der Waals surface area contributed by atoms with Crippen LogP contribution in [0.4, 0.5) is 0 Å². The van der Waals surface area contributed by atoms with E-state index in [1.54, 1.807) is 0 Å². The molecule has 1 aromatic carbocycles. The number of hydrogen-bond donors (Lipinski definition) is 0. The second kappa shape index (κ2) is 2.48. The van der Waals surface area contributed by atoms with Crippen LogP contribution in [0, 0.1) is 0 Å². The summed E-state index contributed by atoms with van der Waals surface area (Å²) in [5.41, 5.74) is 5.50. The predicted molar refractivity (Wildman–Crippen MR) is 61.9 cm³/mol. The van der Waals surface area contributed by atoms with Crippen molar-refractivity contribution in [3.8, 4) is 0 Å². The maximum Gasteiger partial charge on any atom is -0.0103 e. The van der Waals surface area contributed by atoms with Gasteiger partial charge in [0.05, 0.1) is 0 Å². The maximum atomic E-state index is 2.27. The van der Waals surface area contributed by atoms with E-state index in [9.17, 15) is 0 Å². The average molecular weight is 180 g/mol. The molecule has 14 heavy (non-hydrogen) atoms. The van der Waals surface area contributed by atoms with Gasteiger partial charge in [-0.25, -0.2) is 0 Å². The summed E-state index contributed by atoms with van der Waals surface area (Å²) in [6.45, 7) is 4.31. The van der Waals surface area contributed by atoms with E-state index in [-0.39, 0.29) is 0 Å². The molecule has 0 radical (unpaired) electrons. The number of allylic oxidation sites excluding steroid dienone is 2. The van der Waals surface area contributed by atoms with Crippen LogP contribution in [0.15, 0.2) is 23.3 Å². The van der Waals surface area contributed by atoms with Crippen LogP contribution >= 0.6 is 0 Å². The summed E-state index contributed by atoms with van der Waals surface area (Å²) in [6, 6.07) is 4.42. The number of rotatable bonds is 0. The van der Waals surface area contributed by atoms with Crippen molar-refractivity contribution in [2.75, 3.05) is 0 Å². The molecular formula is C14H12. The highest BCUT2D eigenvalue weighted by atomic mass is 14.1. The molecule has 2 aliphatic carbocycles. The smallest absolute Gasteiger partial charge is 0.0103 e. The highest BCUT2D eigenvalue weighted by Crippen LogP contribution is 2.18. The lowest BCUT2D eigenvalue weighted by Crippen LogP contribution is -2.13. The van der Waals surface area contributed by atoms with Gasteiger partial charge in [0.1, 0.15) is 0 Å². The molecule has 0 saturated heterocycles. The van der Waals surface area contributed by atoms with Gasteiger partial charge >= 0.3 is 0 Å². The lowest BCUT2D eigenvalue weighted by atomic mass is 10.1. The Kier molecular flexibility index (Phi) is 1.38. The molecule has 68 valence electrons. The van der Waals surface area contributed by atoms with Crippen LogP contribution in [-0.2, 0) is 0 Å². The lowest BCUT2D eigenvalue weighted by Gasteiger charge is -1.97. The van der Waals surface area contributed by atoms with Crippen LogP contribution in [0.3, 0.4) is 0 Å². The molecule has 0 unspecified atom stereocenters. The van der Waals surface area contributed by atoms with Crippen molar-refractivity contribution in [2.24, 2.45) is 0 Å². The second-order valence-electron chi connectivity index (χ2n) is 4.14. The first-order valence-corrected chi connectivity index (χ1v) is 4.97. The van der Waals surface area contributed by atoms with Crippen molar-refractivity contribution in [1.29, 1.82) is 0 Å². The molecule has 0 saturated carbocycles. The standard InChI is InChI=1S/C14H12/c1-9-5-11-3-4-12-6-10(2)8-14(12)13(11)7-9/h3-8H,1-2H3. The Labute approximate surface area is 83.6 Å². The zero-order valence-electron chi connectivity index (χ0n) is 8.46. The van der Waals surface area contributed by atoms with E-state index < -0.39 is 0 Å². The van der Waals surface area contributed by atoms with Crippen molar-refractivity contribution in [3.05, 3.63) is 44.8 Å². The van der Waals surface area contributed by atoms with E-state index in [1.807, 2.05) is 0 Å². The van der Waals surface area contributed by atoms with E-state index in [1.165, 1.54) is 32.7 Å². The van der Waals surface area contributed by atoms with Gasteiger partial charge < -0.3 is 0 Å². The van der Waals surface area contributed by atoms with Crippen molar-refractivity contribution in [1.82, 2.24) is 0 Å². The number of benzene rings is 1. The van der Waals surface area contributed by atoms with E-state index in [2.05, 4.69) is 50.3 Å². The number of fused-ring (bicyclic) bond motifs is 3. The molecule has 2 aliphatic rings. The minimum absolute atomic E-state index is 1.35. The van der Waals surface area contributed by atoms with Crippen LogP contribution in [0.2, 0.25) is 0 Å². The molecule has 0 heterocycles. The topological polar surface area (TPSA) is 0 Å². The van der Waals surface area contributed by atoms with Gasteiger partial charge in [0.15, 0.2) is 0 Å². The van der Waals surface area contributed by atoms with E-state index in [0.717, 1.165) is 0 Å². The summed E-state index contributed by atoms with van der Waals surface area (Å²) < 4.78 is 0. The third-order valence-corrected chi connectivity index (χ3v) is 2.86. The Balaban J connectivity index is 2.44. The van der Waals surface area contributed by atoms with Crippen molar-refractivity contribution in [2.45, 2.75) is 13.8 Å². The summed E-state index contributed by atoms with van der Waals surface area (Å²) >= 11 is 0. The Morgan fingerprint density at radius 3 is 1.50 bits per heavy atom. The largest absolute Gasteiger partial charge is 0.0537 e. The molecule has 0 atom stereocenters. The second-order valence-corrected chi connectivity index (χ2v) is 4.14. The molecule has 3 rings (SSSR count). The van der Waals surface area contributed by atoms with Gasteiger partial charge in [-0.1, -0.05) is 36.4 Å². The van der Waals surface area contributed by atoms with E-state index in [4.69, 9.17) is 0 Å². The zero-order valence-corrected chi connectivity index (χ0v) is 8.46. The molecule has 0 spiro atoms. The van der Waals surface area contributed by atoms with Gasteiger partial charge in [-0.15, -0.1) is 0 Å². The van der Waals surface area contributed by atoms with Crippen molar-refractivity contribution < 1.29 is 0 Å². The quantitative estimate of drug-likeness (QED) is 0.573. The third kappa shape index (κ3) is 0.941. The molecule has 1 aromatic rings. The maximum absolute atomic E-state index is 2.27. The van der Waals surface area contributed by atoms with Crippen LogP contribution < -0.4 is 10.4 Å². The first kappa shape index (κ1) is 7.81. The monoisotopic (exact) mass is 180 g/mol. The summed E-state index contributed by atoms with van der Waals surface area (Å²) in [6.07, 6.45) is 9.04. The fourth-order valence-electron chi connectivity index (χ4n) is 2.27.